The molecule has 0 amide bonds. The lowest BCUT2D eigenvalue weighted by Gasteiger charge is -2.18. The zero-order valence-corrected chi connectivity index (χ0v) is 15.2. The lowest BCUT2D eigenvalue weighted by Crippen LogP contribution is -2.10. The third-order valence-corrected chi connectivity index (χ3v) is 4.53. The summed E-state index contributed by atoms with van der Waals surface area (Å²) in [6, 6.07) is 11.6. The largest absolute Gasteiger partial charge is 0.375 e. The van der Waals surface area contributed by atoms with Gasteiger partial charge in [-0.3, -0.25) is 4.98 Å². The third kappa shape index (κ3) is 2.81. The second-order valence-electron chi connectivity index (χ2n) is 5.20. The van der Waals surface area contributed by atoms with Crippen LogP contribution in [0.1, 0.15) is 0 Å². The molecular weight excluding hydrogens is 383 g/mol. The van der Waals surface area contributed by atoms with E-state index in [-0.39, 0.29) is 0 Å². The summed E-state index contributed by atoms with van der Waals surface area (Å²) in [6.45, 7) is 0. The van der Waals surface area contributed by atoms with Crippen LogP contribution in [0.2, 0.25) is 10.0 Å². The zero-order valence-electron chi connectivity index (χ0n) is 12.1. The van der Waals surface area contributed by atoms with Crippen molar-refractivity contribution in [3.63, 3.8) is 0 Å². The van der Waals surface area contributed by atoms with Gasteiger partial charge in [-0.2, -0.15) is 0 Å². The Morgan fingerprint density at radius 2 is 1.68 bits per heavy atom. The molecule has 0 radical (unpaired) electrons. The van der Waals surface area contributed by atoms with Crippen LogP contribution in [0.5, 0.6) is 0 Å². The minimum absolute atomic E-state index is 0.623. The first-order valence-corrected chi connectivity index (χ1v) is 8.23. The number of pyridine rings is 1. The summed E-state index contributed by atoms with van der Waals surface area (Å²) in [5.74, 6) is 0. The summed E-state index contributed by atoms with van der Waals surface area (Å²) >= 11 is 15.9. The van der Waals surface area contributed by atoms with Gasteiger partial charge in [-0.15, -0.1) is 0 Å². The molecule has 2 aromatic carbocycles. The van der Waals surface area contributed by atoms with Crippen LogP contribution in [0, 0.1) is 0 Å². The predicted molar refractivity (Wildman–Crippen MR) is 99.2 cm³/mol. The van der Waals surface area contributed by atoms with Gasteiger partial charge >= 0.3 is 0 Å². The Morgan fingerprint density at radius 3 is 2.32 bits per heavy atom. The molecule has 22 heavy (non-hydrogen) atoms. The third-order valence-electron chi connectivity index (χ3n) is 3.46. The number of hydrogen-bond acceptors (Lipinski definition) is 2. The van der Waals surface area contributed by atoms with Crippen molar-refractivity contribution in [3.8, 4) is 11.1 Å². The fraction of sp³-hybridized carbons (Fsp3) is 0.118. The summed E-state index contributed by atoms with van der Waals surface area (Å²) in [7, 11) is 4.01. The standard InChI is InChI=1S/C17H13BrCl2N2/c1-22(2)17-15(18)4-3-14-13(5-6-21-16(14)17)10-7-11(19)9-12(20)8-10/h3-9H,1-2H3. The second-order valence-corrected chi connectivity index (χ2v) is 6.93. The smallest absolute Gasteiger partial charge is 0.0952 e. The van der Waals surface area contributed by atoms with Crippen LogP contribution in [-0.2, 0) is 0 Å². The Morgan fingerprint density at radius 1 is 1.00 bits per heavy atom. The van der Waals surface area contributed by atoms with E-state index in [2.05, 4.69) is 27.0 Å². The van der Waals surface area contributed by atoms with E-state index in [0.29, 0.717) is 10.0 Å². The van der Waals surface area contributed by atoms with E-state index in [1.54, 1.807) is 6.07 Å². The lowest BCUT2D eigenvalue weighted by molar-refractivity contribution is 1.13. The highest BCUT2D eigenvalue weighted by Gasteiger charge is 2.13. The molecule has 0 fully saturated rings. The lowest BCUT2D eigenvalue weighted by atomic mass is 10.0. The van der Waals surface area contributed by atoms with Crippen molar-refractivity contribution in [1.82, 2.24) is 4.98 Å². The maximum Gasteiger partial charge on any atom is 0.0952 e. The molecule has 0 atom stereocenters. The zero-order chi connectivity index (χ0) is 15.9. The fourth-order valence-electron chi connectivity index (χ4n) is 2.57. The molecule has 1 heterocycles. The van der Waals surface area contributed by atoms with Gasteiger partial charge in [-0.1, -0.05) is 29.3 Å². The number of rotatable bonds is 2. The van der Waals surface area contributed by atoms with E-state index >= 15 is 0 Å². The summed E-state index contributed by atoms with van der Waals surface area (Å²) in [5, 5.41) is 2.31. The molecule has 0 aliphatic rings. The van der Waals surface area contributed by atoms with Crippen molar-refractivity contribution in [1.29, 1.82) is 0 Å². The predicted octanol–water partition coefficient (Wildman–Crippen LogP) is 6.04. The summed E-state index contributed by atoms with van der Waals surface area (Å²) < 4.78 is 1.01. The van der Waals surface area contributed by atoms with Gasteiger partial charge in [0.05, 0.1) is 11.2 Å². The van der Waals surface area contributed by atoms with Crippen molar-refractivity contribution in [2.45, 2.75) is 0 Å². The molecule has 2 nitrogen and oxygen atoms in total. The molecule has 112 valence electrons. The van der Waals surface area contributed by atoms with Gasteiger partial charge in [0.2, 0.25) is 0 Å². The Bertz CT molecular complexity index is 842. The van der Waals surface area contributed by atoms with E-state index < -0.39 is 0 Å². The minimum Gasteiger partial charge on any atom is -0.375 e. The number of halogens is 3. The first-order chi connectivity index (χ1) is 10.5. The first kappa shape index (κ1) is 15.6. The average Bonchev–Trinajstić information content (AvgIpc) is 2.44. The molecule has 0 aliphatic heterocycles. The van der Waals surface area contributed by atoms with Crippen molar-refractivity contribution < 1.29 is 0 Å². The van der Waals surface area contributed by atoms with Gasteiger partial charge in [-0.05, 0) is 57.4 Å². The fourth-order valence-corrected chi connectivity index (χ4v) is 3.77. The average molecular weight is 396 g/mol. The highest BCUT2D eigenvalue weighted by atomic mass is 79.9. The van der Waals surface area contributed by atoms with Crippen LogP contribution in [0.3, 0.4) is 0 Å². The minimum atomic E-state index is 0.623. The van der Waals surface area contributed by atoms with Crippen molar-refractivity contribution in [2.24, 2.45) is 0 Å². The maximum absolute atomic E-state index is 6.14. The van der Waals surface area contributed by atoms with Gasteiger partial charge in [0, 0.05) is 40.2 Å². The monoisotopic (exact) mass is 394 g/mol. The summed E-state index contributed by atoms with van der Waals surface area (Å²) in [4.78, 5) is 6.61. The SMILES string of the molecule is CN(C)c1c(Br)ccc2c(-c3cc(Cl)cc(Cl)c3)ccnc12. The van der Waals surface area contributed by atoms with Crippen LogP contribution in [0.15, 0.2) is 47.1 Å². The summed E-state index contributed by atoms with van der Waals surface area (Å²) in [5.41, 5.74) is 4.03. The van der Waals surface area contributed by atoms with Gasteiger partial charge in [-0.25, -0.2) is 0 Å². The highest BCUT2D eigenvalue weighted by molar-refractivity contribution is 9.10. The molecule has 3 aromatic rings. The van der Waals surface area contributed by atoms with Crippen LogP contribution < -0.4 is 4.90 Å². The van der Waals surface area contributed by atoms with E-state index in [9.17, 15) is 0 Å². The van der Waals surface area contributed by atoms with Crippen LogP contribution in [0.4, 0.5) is 5.69 Å². The van der Waals surface area contributed by atoms with Crippen LogP contribution >= 0.6 is 39.1 Å². The second kappa shape index (κ2) is 6.07. The molecule has 1 aromatic heterocycles. The first-order valence-electron chi connectivity index (χ1n) is 6.68. The van der Waals surface area contributed by atoms with Gasteiger partial charge in [0.1, 0.15) is 0 Å². The van der Waals surface area contributed by atoms with Crippen molar-refractivity contribution in [3.05, 3.63) is 57.1 Å². The molecule has 0 bridgehead atoms. The Hall–Kier alpha value is -1.29. The maximum atomic E-state index is 6.14. The molecule has 0 saturated carbocycles. The number of benzene rings is 2. The molecule has 0 aliphatic carbocycles. The number of nitrogens with zero attached hydrogens (tertiary/aromatic N) is 2. The molecule has 0 spiro atoms. The van der Waals surface area contributed by atoms with Crippen molar-refractivity contribution in [2.75, 3.05) is 19.0 Å². The molecule has 3 rings (SSSR count). The molecular formula is C17H13BrCl2N2. The topological polar surface area (TPSA) is 16.1 Å². The van der Waals surface area contributed by atoms with Gasteiger partial charge < -0.3 is 4.90 Å². The highest BCUT2D eigenvalue weighted by Crippen LogP contribution is 2.37. The quantitative estimate of drug-likeness (QED) is 0.525. The van der Waals surface area contributed by atoms with E-state index in [0.717, 1.165) is 32.2 Å². The van der Waals surface area contributed by atoms with E-state index in [4.69, 9.17) is 23.2 Å². The number of aromatic nitrogens is 1. The van der Waals surface area contributed by atoms with Crippen LogP contribution in [0.25, 0.3) is 22.0 Å². The van der Waals surface area contributed by atoms with E-state index in [1.807, 2.05) is 49.5 Å². The van der Waals surface area contributed by atoms with Gasteiger partial charge in [0.25, 0.3) is 0 Å². The van der Waals surface area contributed by atoms with Crippen LogP contribution in [-0.4, -0.2) is 19.1 Å². The Balaban J connectivity index is 2.34. The normalized spacial score (nSPS) is 11.0. The Labute approximate surface area is 147 Å². The number of fused-ring (bicyclic) bond motifs is 1. The molecule has 0 unspecified atom stereocenters. The molecule has 0 N–H and O–H groups in total. The Kier molecular flexibility index (Phi) is 4.31. The summed E-state index contributed by atoms with van der Waals surface area (Å²) in [6.07, 6.45) is 1.81. The van der Waals surface area contributed by atoms with E-state index in [1.165, 1.54) is 0 Å². The number of hydrogen-bond donors (Lipinski definition) is 0. The number of anilines is 1. The molecule has 0 saturated heterocycles. The molecule has 5 heteroatoms. The van der Waals surface area contributed by atoms with Gasteiger partial charge in [0.15, 0.2) is 0 Å². The van der Waals surface area contributed by atoms with Crippen molar-refractivity contribution >= 4 is 55.7 Å².